The smallest absolute Gasteiger partial charge is 0.231 e. The Labute approximate surface area is 136 Å². The maximum atomic E-state index is 5.76. The third kappa shape index (κ3) is 2.32. The van der Waals surface area contributed by atoms with E-state index in [1.54, 1.807) is 11.3 Å². The third-order valence-electron chi connectivity index (χ3n) is 3.55. The van der Waals surface area contributed by atoms with Gasteiger partial charge in [0.05, 0.1) is 22.6 Å². The second kappa shape index (κ2) is 5.26. The Bertz CT molecular complexity index is 855. The summed E-state index contributed by atoms with van der Waals surface area (Å²) < 4.78 is 12.9. The number of thiophene rings is 1. The third-order valence-corrected chi connectivity index (χ3v) is 4.55. The average molecular weight is 331 g/mol. The lowest BCUT2D eigenvalue weighted by molar-refractivity contribution is 0.174. The van der Waals surface area contributed by atoms with E-state index in [4.69, 9.17) is 32.4 Å². The summed E-state index contributed by atoms with van der Waals surface area (Å²) in [7, 11) is 0. The van der Waals surface area contributed by atoms with Gasteiger partial charge in [0.25, 0.3) is 0 Å². The van der Waals surface area contributed by atoms with Crippen LogP contribution in [0.25, 0.3) is 11.0 Å². The second-order valence-electron chi connectivity index (χ2n) is 5.03. The van der Waals surface area contributed by atoms with E-state index < -0.39 is 0 Å². The van der Waals surface area contributed by atoms with Crippen LogP contribution in [0, 0.1) is 0 Å². The molecule has 4 rings (SSSR count). The number of aromatic nitrogens is 2. The van der Waals surface area contributed by atoms with Crippen LogP contribution in [0.4, 0.5) is 0 Å². The van der Waals surface area contributed by atoms with Crippen LogP contribution in [-0.4, -0.2) is 21.3 Å². The summed E-state index contributed by atoms with van der Waals surface area (Å²) in [6.45, 7) is 0.714. The number of hydrogen-bond acceptors (Lipinski definition) is 5. The lowest BCUT2D eigenvalue weighted by atomic mass is 10.2. The summed E-state index contributed by atoms with van der Waals surface area (Å²) >= 11 is 6.80. The first-order valence-electron chi connectivity index (χ1n) is 6.80. The molecule has 1 aromatic carbocycles. The molecule has 0 spiro atoms. The Kier molecular flexibility index (Phi) is 3.24. The monoisotopic (exact) mass is 331 g/mol. The average Bonchev–Trinajstić information content (AvgIpc) is 3.18. The molecule has 5 nitrogen and oxygen atoms in total. The van der Waals surface area contributed by atoms with Crippen LogP contribution in [0.2, 0.25) is 0 Å². The summed E-state index contributed by atoms with van der Waals surface area (Å²) in [5.74, 6) is 2.41. The van der Waals surface area contributed by atoms with Gasteiger partial charge in [-0.1, -0.05) is 18.3 Å². The van der Waals surface area contributed by atoms with Crippen LogP contribution in [0.15, 0.2) is 29.6 Å². The topological polar surface area (TPSA) is 62.3 Å². The van der Waals surface area contributed by atoms with Gasteiger partial charge in [-0.25, -0.2) is 4.98 Å². The Hall–Kier alpha value is -2.12. The number of rotatable bonds is 4. The molecule has 7 heteroatoms. The molecule has 0 bridgehead atoms. The fourth-order valence-corrected chi connectivity index (χ4v) is 3.43. The molecule has 22 heavy (non-hydrogen) atoms. The molecular weight excluding hydrogens is 318 g/mol. The van der Waals surface area contributed by atoms with Crippen molar-refractivity contribution in [2.75, 3.05) is 6.79 Å². The zero-order valence-corrected chi connectivity index (χ0v) is 13.2. The van der Waals surface area contributed by atoms with E-state index in [-0.39, 0.29) is 6.79 Å². The Morgan fingerprint density at radius 1 is 1.36 bits per heavy atom. The summed E-state index contributed by atoms with van der Waals surface area (Å²) in [5, 5.41) is 2.06. The predicted molar refractivity (Wildman–Crippen MR) is 89.8 cm³/mol. The molecule has 1 aliphatic rings. The largest absolute Gasteiger partial charge is 0.454 e. The number of nitrogens with zero attached hydrogens (tertiary/aromatic N) is 2. The van der Waals surface area contributed by atoms with Crippen molar-refractivity contribution in [3.8, 4) is 11.5 Å². The number of hydrogen-bond donors (Lipinski definition) is 1. The van der Waals surface area contributed by atoms with Crippen molar-refractivity contribution >= 4 is 39.6 Å². The highest BCUT2D eigenvalue weighted by Crippen LogP contribution is 2.36. The molecule has 3 aromatic rings. The van der Waals surface area contributed by atoms with Crippen LogP contribution in [0.3, 0.4) is 0 Å². The van der Waals surface area contributed by atoms with Crippen molar-refractivity contribution in [3.05, 3.63) is 40.3 Å². The van der Waals surface area contributed by atoms with Gasteiger partial charge in [-0.3, -0.25) is 0 Å². The van der Waals surface area contributed by atoms with Gasteiger partial charge < -0.3 is 19.8 Å². The van der Waals surface area contributed by atoms with Crippen LogP contribution < -0.4 is 15.2 Å². The lowest BCUT2D eigenvalue weighted by Crippen LogP contribution is -2.18. The Morgan fingerprint density at radius 2 is 2.18 bits per heavy atom. The molecule has 0 fully saturated rings. The normalized spacial score (nSPS) is 12.9. The molecule has 0 unspecified atom stereocenters. The maximum Gasteiger partial charge on any atom is 0.231 e. The van der Waals surface area contributed by atoms with Gasteiger partial charge in [0.2, 0.25) is 6.79 Å². The van der Waals surface area contributed by atoms with Crippen molar-refractivity contribution in [1.82, 2.24) is 9.55 Å². The van der Waals surface area contributed by atoms with Crippen molar-refractivity contribution in [3.63, 3.8) is 0 Å². The van der Waals surface area contributed by atoms with Crippen molar-refractivity contribution in [2.45, 2.75) is 13.0 Å². The number of benzene rings is 1. The predicted octanol–water partition coefficient (Wildman–Crippen LogP) is 2.70. The van der Waals surface area contributed by atoms with E-state index in [1.807, 2.05) is 18.2 Å². The minimum absolute atomic E-state index is 0.249. The van der Waals surface area contributed by atoms with E-state index in [2.05, 4.69) is 16.0 Å². The maximum absolute atomic E-state index is 5.76. The molecule has 1 aliphatic heterocycles. The van der Waals surface area contributed by atoms with Crippen LogP contribution in [0.5, 0.6) is 11.5 Å². The van der Waals surface area contributed by atoms with Crippen molar-refractivity contribution in [2.24, 2.45) is 5.73 Å². The van der Waals surface area contributed by atoms with Gasteiger partial charge in [-0.2, -0.15) is 0 Å². The minimum Gasteiger partial charge on any atom is -0.454 e. The molecule has 2 N–H and O–H groups in total. The van der Waals surface area contributed by atoms with Gasteiger partial charge in [-0.15, -0.1) is 11.3 Å². The first-order valence-corrected chi connectivity index (χ1v) is 8.09. The van der Waals surface area contributed by atoms with E-state index >= 15 is 0 Å². The number of imidazole rings is 1. The van der Waals surface area contributed by atoms with Crippen LogP contribution in [0.1, 0.15) is 10.7 Å². The standard InChI is InChI=1S/C15H13N3O2S2/c16-14(21)7-18-11-6-13-12(19-8-20-13)5-10(11)17-15(18)4-9-2-1-3-22-9/h1-3,5-6H,4,7-8H2,(H2,16,21). The Balaban J connectivity index is 1.85. The van der Waals surface area contributed by atoms with E-state index in [0.717, 1.165) is 34.8 Å². The summed E-state index contributed by atoms with van der Waals surface area (Å²) in [5.41, 5.74) is 7.59. The minimum atomic E-state index is 0.249. The van der Waals surface area contributed by atoms with Crippen molar-refractivity contribution in [1.29, 1.82) is 0 Å². The fourth-order valence-electron chi connectivity index (χ4n) is 2.60. The highest BCUT2D eigenvalue weighted by Gasteiger charge is 2.19. The summed E-state index contributed by atoms with van der Waals surface area (Å²) in [6, 6.07) is 7.99. The molecule has 0 aliphatic carbocycles. The highest BCUT2D eigenvalue weighted by molar-refractivity contribution is 7.80. The Morgan fingerprint density at radius 3 is 2.91 bits per heavy atom. The second-order valence-corrected chi connectivity index (χ2v) is 6.59. The van der Waals surface area contributed by atoms with E-state index in [0.29, 0.717) is 11.5 Å². The zero-order chi connectivity index (χ0) is 15.1. The number of nitrogens with two attached hydrogens (primary N) is 1. The number of fused-ring (bicyclic) bond motifs is 2. The molecular formula is C15H13N3O2S2. The molecule has 0 saturated carbocycles. The molecule has 112 valence electrons. The van der Waals surface area contributed by atoms with Gasteiger partial charge >= 0.3 is 0 Å². The molecule has 0 amide bonds. The van der Waals surface area contributed by atoms with Crippen LogP contribution in [-0.2, 0) is 13.0 Å². The van der Waals surface area contributed by atoms with Gasteiger partial charge in [0.1, 0.15) is 5.82 Å². The number of ether oxygens (including phenoxy) is 2. The highest BCUT2D eigenvalue weighted by atomic mass is 32.1. The molecule has 0 radical (unpaired) electrons. The SMILES string of the molecule is NC(=S)Cn1c(Cc2cccs2)nc2cc3c(cc21)OCO3. The van der Waals surface area contributed by atoms with Gasteiger partial charge in [-0.05, 0) is 11.4 Å². The summed E-state index contributed by atoms with van der Waals surface area (Å²) in [4.78, 5) is 6.42. The first-order chi connectivity index (χ1) is 10.7. The molecule has 0 atom stereocenters. The fraction of sp³-hybridized carbons (Fsp3) is 0.200. The number of thiocarbonyl (C=S) groups is 1. The van der Waals surface area contributed by atoms with Gasteiger partial charge in [0.15, 0.2) is 11.5 Å². The lowest BCUT2D eigenvalue weighted by Gasteiger charge is -2.07. The summed E-state index contributed by atoms with van der Waals surface area (Å²) in [6.07, 6.45) is 0.751. The van der Waals surface area contributed by atoms with Crippen LogP contribution >= 0.6 is 23.6 Å². The molecule has 0 saturated heterocycles. The molecule has 3 heterocycles. The van der Waals surface area contributed by atoms with E-state index in [1.165, 1.54) is 4.88 Å². The quantitative estimate of drug-likeness (QED) is 0.745. The molecule has 2 aromatic heterocycles. The van der Waals surface area contributed by atoms with Crippen molar-refractivity contribution < 1.29 is 9.47 Å². The first kappa shape index (κ1) is 13.5. The van der Waals surface area contributed by atoms with Gasteiger partial charge in [0, 0.05) is 23.4 Å². The zero-order valence-electron chi connectivity index (χ0n) is 11.6. The van der Waals surface area contributed by atoms with E-state index in [9.17, 15) is 0 Å².